The molecule has 0 saturated heterocycles. The van der Waals surface area contributed by atoms with Gasteiger partial charge in [0.05, 0.1) is 27.5 Å². The summed E-state index contributed by atoms with van der Waals surface area (Å²) in [5.41, 5.74) is 4.38. The smallest absolute Gasteiger partial charge is 0.271 e. The van der Waals surface area contributed by atoms with E-state index in [1.54, 1.807) is 54.6 Å². The number of ether oxygens (including phenoxy) is 4. The summed E-state index contributed by atoms with van der Waals surface area (Å²) >= 11 is 12.1. The number of amides is 1. The van der Waals surface area contributed by atoms with E-state index in [1.807, 2.05) is 0 Å². The summed E-state index contributed by atoms with van der Waals surface area (Å²) < 4.78 is 21.6. The number of halogens is 2. The molecule has 0 atom stereocenters. The summed E-state index contributed by atoms with van der Waals surface area (Å²) in [6.07, 6.45) is 1.48. The van der Waals surface area contributed by atoms with Gasteiger partial charge in [-0.1, -0.05) is 29.3 Å². The van der Waals surface area contributed by atoms with Crippen LogP contribution in [0.3, 0.4) is 0 Å². The molecule has 1 N–H and O–H groups in total. The number of hydrogen-bond donors (Lipinski definition) is 1. The van der Waals surface area contributed by atoms with Gasteiger partial charge in [-0.2, -0.15) is 5.10 Å². The quantitative estimate of drug-likeness (QED) is 0.323. The fourth-order valence-electron chi connectivity index (χ4n) is 2.91. The number of nitrogens with one attached hydrogen (secondary N) is 1. The zero-order valence-corrected chi connectivity index (χ0v) is 19.7. The van der Waals surface area contributed by atoms with Crippen molar-refractivity contribution in [2.75, 3.05) is 21.3 Å². The second kappa shape index (κ2) is 11.4. The minimum atomic E-state index is -0.369. The van der Waals surface area contributed by atoms with Crippen LogP contribution < -0.4 is 24.4 Å². The Morgan fingerprint density at radius 3 is 2.18 bits per heavy atom. The van der Waals surface area contributed by atoms with Gasteiger partial charge in [0.2, 0.25) is 5.75 Å². The standard InChI is InChI=1S/C24H22Cl2N2O5/c1-30-21-10-15(11-22(31-2)23(21)32-3)13-27-28-24(29)16-5-8-19(9-6-16)33-14-17-4-7-18(25)12-20(17)26/h4-13H,14H2,1-3H3,(H,28,29)/b27-13+. The van der Waals surface area contributed by atoms with Crippen LogP contribution in [-0.2, 0) is 6.61 Å². The van der Waals surface area contributed by atoms with Gasteiger partial charge >= 0.3 is 0 Å². The largest absolute Gasteiger partial charge is 0.493 e. The lowest BCUT2D eigenvalue weighted by atomic mass is 10.2. The number of carbonyl (C=O) groups excluding carboxylic acids is 1. The van der Waals surface area contributed by atoms with Gasteiger partial charge < -0.3 is 18.9 Å². The minimum absolute atomic E-state index is 0.278. The number of rotatable bonds is 9. The zero-order valence-electron chi connectivity index (χ0n) is 18.2. The first-order valence-corrected chi connectivity index (χ1v) is 10.5. The lowest BCUT2D eigenvalue weighted by Crippen LogP contribution is -2.17. The lowest BCUT2D eigenvalue weighted by Gasteiger charge is -2.12. The Labute approximate surface area is 201 Å². The van der Waals surface area contributed by atoms with Gasteiger partial charge in [0.15, 0.2) is 11.5 Å². The Morgan fingerprint density at radius 2 is 1.61 bits per heavy atom. The number of hydrogen-bond acceptors (Lipinski definition) is 6. The molecule has 0 fully saturated rings. The number of carbonyl (C=O) groups is 1. The Balaban J connectivity index is 1.60. The fraction of sp³-hybridized carbons (Fsp3) is 0.167. The van der Waals surface area contributed by atoms with E-state index >= 15 is 0 Å². The molecule has 0 aliphatic heterocycles. The van der Waals surface area contributed by atoms with E-state index in [-0.39, 0.29) is 12.5 Å². The van der Waals surface area contributed by atoms with Gasteiger partial charge in [-0.15, -0.1) is 0 Å². The molecule has 3 aromatic rings. The maximum absolute atomic E-state index is 12.4. The molecule has 0 aliphatic carbocycles. The number of methoxy groups -OCH3 is 3. The van der Waals surface area contributed by atoms with Gasteiger partial charge in [-0.3, -0.25) is 4.79 Å². The molecule has 172 valence electrons. The van der Waals surface area contributed by atoms with Crippen molar-refractivity contribution in [2.45, 2.75) is 6.61 Å². The van der Waals surface area contributed by atoms with E-state index in [0.717, 1.165) is 5.56 Å². The maximum atomic E-state index is 12.4. The van der Waals surface area contributed by atoms with Gasteiger partial charge in [0, 0.05) is 26.7 Å². The molecule has 0 heterocycles. The maximum Gasteiger partial charge on any atom is 0.271 e. The molecular weight excluding hydrogens is 467 g/mol. The Morgan fingerprint density at radius 1 is 0.939 bits per heavy atom. The van der Waals surface area contributed by atoms with Crippen LogP contribution in [0.4, 0.5) is 0 Å². The summed E-state index contributed by atoms with van der Waals surface area (Å²) in [6, 6.07) is 15.3. The van der Waals surface area contributed by atoms with Crippen molar-refractivity contribution in [3.05, 3.63) is 81.3 Å². The molecule has 0 radical (unpaired) electrons. The highest BCUT2D eigenvalue weighted by molar-refractivity contribution is 6.35. The highest BCUT2D eigenvalue weighted by atomic mass is 35.5. The predicted octanol–water partition coefficient (Wildman–Crippen LogP) is 5.36. The van der Waals surface area contributed by atoms with E-state index in [2.05, 4.69) is 10.5 Å². The molecule has 0 aliphatic rings. The Bertz CT molecular complexity index is 1130. The molecule has 3 aromatic carbocycles. The normalized spacial score (nSPS) is 10.7. The van der Waals surface area contributed by atoms with E-state index in [9.17, 15) is 4.79 Å². The highest BCUT2D eigenvalue weighted by Crippen LogP contribution is 2.37. The van der Waals surface area contributed by atoms with Crippen LogP contribution in [0.5, 0.6) is 23.0 Å². The van der Waals surface area contributed by atoms with Crippen LogP contribution in [0.1, 0.15) is 21.5 Å². The summed E-state index contributed by atoms with van der Waals surface area (Å²) in [4.78, 5) is 12.4. The average molecular weight is 489 g/mol. The molecular formula is C24H22Cl2N2O5. The van der Waals surface area contributed by atoms with E-state index in [0.29, 0.717) is 44.2 Å². The molecule has 3 rings (SSSR count). The monoisotopic (exact) mass is 488 g/mol. The van der Waals surface area contributed by atoms with Crippen molar-refractivity contribution in [1.29, 1.82) is 0 Å². The zero-order chi connectivity index (χ0) is 23.8. The van der Waals surface area contributed by atoms with Crippen molar-refractivity contribution in [3.8, 4) is 23.0 Å². The van der Waals surface area contributed by atoms with Crippen molar-refractivity contribution in [3.63, 3.8) is 0 Å². The predicted molar refractivity (Wildman–Crippen MR) is 128 cm³/mol. The second-order valence-corrected chi connectivity index (χ2v) is 7.55. The van der Waals surface area contributed by atoms with Gasteiger partial charge in [0.1, 0.15) is 12.4 Å². The molecule has 33 heavy (non-hydrogen) atoms. The van der Waals surface area contributed by atoms with Gasteiger partial charge in [-0.05, 0) is 48.5 Å². The number of hydrazone groups is 1. The van der Waals surface area contributed by atoms with Crippen LogP contribution in [-0.4, -0.2) is 33.5 Å². The summed E-state index contributed by atoms with van der Waals surface area (Å²) in [7, 11) is 4.58. The van der Waals surface area contributed by atoms with Crippen LogP contribution in [0, 0.1) is 0 Å². The van der Waals surface area contributed by atoms with Crippen LogP contribution >= 0.6 is 23.2 Å². The Kier molecular flexibility index (Phi) is 8.40. The third-order valence-corrected chi connectivity index (χ3v) is 5.18. The molecule has 0 unspecified atom stereocenters. The first-order chi connectivity index (χ1) is 15.9. The highest BCUT2D eigenvalue weighted by Gasteiger charge is 2.12. The van der Waals surface area contributed by atoms with Crippen LogP contribution in [0.2, 0.25) is 10.0 Å². The second-order valence-electron chi connectivity index (χ2n) is 6.71. The SMILES string of the molecule is COc1cc(/C=N/NC(=O)c2ccc(OCc3ccc(Cl)cc3Cl)cc2)cc(OC)c1OC. The van der Waals surface area contributed by atoms with E-state index < -0.39 is 0 Å². The molecule has 9 heteroatoms. The molecule has 1 amide bonds. The van der Waals surface area contributed by atoms with Crippen molar-refractivity contribution >= 4 is 35.3 Å². The third kappa shape index (κ3) is 6.31. The van der Waals surface area contributed by atoms with Crippen LogP contribution in [0.25, 0.3) is 0 Å². The van der Waals surface area contributed by atoms with Crippen molar-refractivity contribution in [2.24, 2.45) is 5.10 Å². The molecule has 0 aromatic heterocycles. The molecule has 0 bridgehead atoms. The summed E-state index contributed by atoms with van der Waals surface area (Å²) in [5, 5.41) is 5.10. The minimum Gasteiger partial charge on any atom is -0.493 e. The number of nitrogens with zero attached hydrogens (tertiary/aromatic N) is 1. The number of benzene rings is 3. The third-order valence-electron chi connectivity index (χ3n) is 4.59. The topological polar surface area (TPSA) is 78.4 Å². The van der Waals surface area contributed by atoms with E-state index in [4.69, 9.17) is 42.1 Å². The average Bonchev–Trinajstić information content (AvgIpc) is 2.83. The Hall–Kier alpha value is -3.42. The lowest BCUT2D eigenvalue weighted by molar-refractivity contribution is 0.0955. The molecule has 7 nitrogen and oxygen atoms in total. The van der Waals surface area contributed by atoms with Crippen LogP contribution in [0.15, 0.2) is 59.7 Å². The molecule has 0 spiro atoms. The van der Waals surface area contributed by atoms with E-state index in [1.165, 1.54) is 27.5 Å². The summed E-state index contributed by atoms with van der Waals surface area (Å²) in [6.45, 7) is 0.278. The fourth-order valence-corrected chi connectivity index (χ4v) is 3.37. The van der Waals surface area contributed by atoms with Crippen molar-refractivity contribution in [1.82, 2.24) is 5.43 Å². The first kappa shape index (κ1) is 24.2. The van der Waals surface area contributed by atoms with Crippen molar-refractivity contribution < 1.29 is 23.7 Å². The summed E-state index contributed by atoms with van der Waals surface area (Å²) in [5.74, 6) is 1.67. The molecule has 0 saturated carbocycles. The van der Waals surface area contributed by atoms with Gasteiger partial charge in [-0.25, -0.2) is 5.43 Å². The first-order valence-electron chi connectivity index (χ1n) is 9.75. The van der Waals surface area contributed by atoms with Gasteiger partial charge in [0.25, 0.3) is 5.91 Å².